The summed E-state index contributed by atoms with van der Waals surface area (Å²) in [7, 11) is 0. The van der Waals surface area contributed by atoms with E-state index in [0.717, 1.165) is 12.8 Å². The van der Waals surface area contributed by atoms with Gasteiger partial charge in [-0.2, -0.15) is 0 Å². The van der Waals surface area contributed by atoms with Gasteiger partial charge in [-0.25, -0.2) is 0 Å². The Kier molecular flexibility index (Phi) is 3.20. The van der Waals surface area contributed by atoms with Gasteiger partial charge in [0, 0.05) is 5.41 Å². The zero-order valence-corrected chi connectivity index (χ0v) is 10.4. The lowest BCUT2D eigenvalue weighted by atomic mass is 10.0. The molecule has 0 unspecified atom stereocenters. The fraction of sp³-hybridized carbons (Fsp3) is 0.385. The molecule has 0 atom stereocenters. The molecule has 1 amide bonds. The molecule has 4 heteroatoms. The zero-order chi connectivity index (χ0) is 12.5. The van der Waals surface area contributed by atoms with Crippen LogP contribution in [0.5, 0.6) is 0 Å². The van der Waals surface area contributed by atoms with Gasteiger partial charge < -0.3 is 5.32 Å². The topological polar surface area (TPSA) is 46.2 Å². The molecule has 1 N–H and O–H groups in total. The maximum Gasteiger partial charge on any atom is 0.231 e. The van der Waals surface area contributed by atoms with E-state index < -0.39 is 0 Å². The van der Waals surface area contributed by atoms with Crippen molar-refractivity contribution in [2.75, 3.05) is 5.32 Å². The summed E-state index contributed by atoms with van der Waals surface area (Å²) in [5.74, 6) is -0.279. The Morgan fingerprint density at radius 3 is 2.59 bits per heavy atom. The molecule has 1 aromatic carbocycles. The number of carbonyl (C=O) groups excluding carboxylic acids is 2. The fourth-order valence-electron chi connectivity index (χ4n) is 1.58. The molecule has 0 aromatic heterocycles. The van der Waals surface area contributed by atoms with Crippen molar-refractivity contribution < 1.29 is 9.59 Å². The second kappa shape index (κ2) is 4.49. The maximum atomic E-state index is 11.7. The predicted molar refractivity (Wildman–Crippen MR) is 67.0 cm³/mol. The normalized spacial score (nSPS) is 16.4. The van der Waals surface area contributed by atoms with Gasteiger partial charge in [-0.05, 0) is 25.0 Å². The molecule has 1 aliphatic rings. The van der Waals surface area contributed by atoms with E-state index >= 15 is 0 Å². The minimum Gasteiger partial charge on any atom is -0.324 e. The number of hydrogen-bond donors (Lipinski definition) is 1. The van der Waals surface area contributed by atoms with Gasteiger partial charge in [-0.15, -0.1) is 0 Å². The first kappa shape index (κ1) is 12.1. The monoisotopic (exact) mass is 251 g/mol. The van der Waals surface area contributed by atoms with Gasteiger partial charge >= 0.3 is 0 Å². The van der Waals surface area contributed by atoms with E-state index in [0.29, 0.717) is 10.7 Å². The van der Waals surface area contributed by atoms with E-state index in [1.807, 2.05) is 6.92 Å². The molecule has 17 heavy (non-hydrogen) atoms. The highest BCUT2D eigenvalue weighted by Gasteiger charge is 2.44. The number of hydrogen-bond acceptors (Lipinski definition) is 2. The van der Waals surface area contributed by atoms with E-state index in [1.54, 1.807) is 24.3 Å². The van der Waals surface area contributed by atoms with Gasteiger partial charge in [0.1, 0.15) is 5.78 Å². The van der Waals surface area contributed by atoms with E-state index in [2.05, 4.69) is 5.32 Å². The van der Waals surface area contributed by atoms with Crippen molar-refractivity contribution in [1.29, 1.82) is 0 Å². The van der Waals surface area contributed by atoms with Crippen LogP contribution in [0.15, 0.2) is 24.3 Å². The van der Waals surface area contributed by atoms with Crippen molar-refractivity contribution in [1.82, 2.24) is 0 Å². The number of amides is 1. The Hall–Kier alpha value is -1.35. The van der Waals surface area contributed by atoms with Crippen LogP contribution in [-0.4, -0.2) is 11.7 Å². The Balaban J connectivity index is 1.94. The molecular weight excluding hydrogens is 238 g/mol. The molecule has 0 saturated heterocycles. The minimum absolute atomic E-state index is 0.0158. The molecule has 0 radical (unpaired) electrons. The van der Waals surface area contributed by atoms with Gasteiger partial charge in [-0.1, -0.05) is 30.7 Å². The lowest BCUT2D eigenvalue weighted by Gasteiger charge is -2.09. The van der Waals surface area contributed by atoms with Crippen molar-refractivity contribution in [3.8, 4) is 0 Å². The molecule has 1 aliphatic carbocycles. The van der Waals surface area contributed by atoms with Crippen molar-refractivity contribution in [3.05, 3.63) is 29.3 Å². The van der Waals surface area contributed by atoms with E-state index in [1.165, 1.54) is 0 Å². The zero-order valence-electron chi connectivity index (χ0n) is 9.63. The summed E-state index contributed by atoms with van der Waals surface area (Å²) >= 11 is 5.91. The standard InChI is InChI=1S/C13H14ClNO2/c1-13(6-7-13)11(16)8-12(17)15-10-5-3-2-4-9(10)14/h2-5H,6-8H2,1H3,(H,15,17). The molecule has 1 saturated carbocycles. The van der Waals surface area contributed by atoms with Crippen LogP contribution < -0.4 is 5.32 Å². The first-order valence-corrected chi connectivity index (χ1v) is 5.97. The molecule has 0 aliphatic heterocycles. The Morgan fingerprint density at radius 1 is 1.35 bits per heavy atom. The van der Waals surface area contributed by atoms with E-state index in [-0.39, 0.29) is 23.5 Å². The number of carbonyl (C=O) groups is 2. The highest BCUT2D eigenvalue weighted by Crippen LogP contribution is 2.46. The van der Waals surface area contributed by atoms with Gasteiger partial charge in [0.25, 0.3) is 0 Å². The summed E-state index contributed by atoms with van der Waals surface area (Å²) in [6.45, 7) is 1.90. The average molecular weight is 252 g/mol. The predicted octanol–water partition coefficient (Wildman–Crippen LogP) is 3.04. The van der Waals surface area contributed by atoms with Gasteiger partial charge in [0.2, 0.25) is 5.91 Å². The molecule has 0 bridgehead atoms. The van der Waals surface area contributed by atoms with Crippen molar-refractivity contribution in [3.63, 3.8) is 0 Å². The fourth-order valence-corrected chi connectivity index (χ4v) is 1.77. The van der Waals surface area contributed by atoms with E-state index in [4.69, 9.17) is 11.6 Å². The summed E-state index contributed by atoms with van der Waals surface area (Å²) in [6, 6.07) is 6.98. The van der Waals surface area contributed by atoms with Crippen LogP contribution in [-0.2, 0) is 9.59 Å². The highest BCUT2D eigenvalue weighted by atomic mass is 35.5. The van der Waals surface area contributed by atoms with Crippen molar-refractivity contribution in [2.45, 2.75) is 26.2 Å². The smallest absolute Gasteiger partial charge is 0.231 e. The number of para-hydroxylation sites is 1. The first-order valence-electron chi connectivity index (χ1n) is 5.59. The average Bonchev–Trinajstić information content (AvgIpc) is 3.01. The summed E-state index contributed by atoms with van der Waals surface area (Å²) in [6.07, 6.45) is 1.72. The van der Waals surface area contributed by atoms with Crippen LogP contribution in [0.4, 0.5) is 5.69 Å². The second-order valence-corrected chi connectivity index (χ2v) is 5.10. The number of Topliss-reactive ketones (excluding diaryl/α,β-unsaturated/α-hetero) is 1. The summed E-state index contributed by atoms with van der Waals surface area (Å²) in [5, 5.41) is 3.13. The molecular formula is C13H14ClNO2. The third-order valence-corrected chi connectivity index (χ3v) is 3.47. The summed E-state index contributed by atoms with van der Waals surface area (Å²) in [4.78, 5) is 23.4. The molecule has 3 nitrogen and oxygen atoms in total. The summed E-state index contributed by atoms with van der Waals surface area (Å²) in [5.41, 5.74) is 0.297. The number of nitrogens with one attached hydrogen (secondary N) is 1. The molecule has 0 heterocycles. The Morgan fingerprint density at radius 2 is 2.00 bits per heavy atom. The van der Waals surface area contributed by atoms with Crippen LogP contribution >= 0.6 is 11.6 Å². The van der Waals surface area contributed by atoms with Gasteiger partial charge in [0.15, 0.2) is 0 Å². The van der Waals surface area contributed by atoms with Crippen molar-refractivity contribution >= 4 is 29.0 Å². The molecule has 90 valence electrons. The molecule has 1 fully saturated rings. The number of halogens is 1. The van der Waals surface area contributed by atoms with Crippen LogP contribution in [0.2, 0.25) is 5.02 Å². The number of ketones is 1. The maximum absolute atomic E-state index is 11.7. The first-order chi connectivity index (χ1) is 8.01. The number of anilines is 1. The van der Waals surface area contributed by atoms with Crippen LogP contribution in [0.1, 0.15) is 26.2 Å². The highest BCUT2D eigenvalue weighted by molar-refractivity contribution is 6.33. The SMILES string of the molecule is CC1(C(=O)CC(=O)Nc2ccccc2Cl)CC1. The van der Waals surface area contributed by atoms with Gasteiger partial charge in [0.05, 0.1) is 17.1 Å². The Bertz CT molecular complexity index is 466. The number of rotatable bonds is 4. The second-order valence-electron chi connectivity index (χ2n) is 4.69. The molecule has 0 spiro atoms. The lowest BCUT2D eigenvalue weighted by Crippen LogP contribution is -2.21. The minimum atomic E-state index is -0.295. The summed E-state index contributed by atoms with van der Waals surface area (Å²) < 4.78 is 0. The third-order valence-electron chi connectivity index (χ3n) is 3.14. The van der Waals surface area contributed by atoms with Crippen molar-refractivity contribution in [2.24, 2.45) is 5.41 Å². The van der Waals surface area contributed by atoms with Crippen LogP contribution in [0.25, 0.3) is 0 Å². The molecule has 1 aromatic rings. The third kappa shape index (κ3) is 2.86. The number of benzene rings is 1. The largest absolute Gasteiger partial charge is 0.324 e. The lowest BCUT2D eigenvalue weighted by molar-refractivity contribution is -0.128. The quantitative estimate of drug-likeness (QED) is 0.836. The van der Waals surface area contributed by atoms with Crippen LogP contribution in [0, 0.1) is 5.41 Å². The van der Waals surface area contributed by atoms with Gasteiger partial charge in [-0.3, -0.25) is 9.59 Å². The van der Waals surface area contributed by atoms with E-state index in [9.17, 15) is 9.59 Å². The molecule has 2 rings (SSSR count). The Labute approximate surface area is 105 Å². The van der Waals surface area contributed by atoms with Crippen LogP contribution in [0.3, 0.4) is 0 Å².